The smallest absolute Gasteiger partial charge is 0.250 e. The Balaban J connectivity index is 1.53. The van der Waals surface area contributed by atoms with Gasteiger partial charge in [-0.05, 0) is 54.6 Å². The molecule has 0 unspecified atom stereocenters. The molecule has 10 heteroatoms. The van der Waals surface area contributed by atoms with Gasteiger partial charge in [0.2, 0.25) is 0 Å². The highest BCUT2D eigenvalue weighted by molar-refractivity contribution is 7.99. The van der Waals surface area contributed by atoms with E-state index in [1.54, 1.807) is 42.7 Å². The number of halogens is 2. The fourth-order valence-electron chi connectivity index (χ4n) is 2.77. The highest BCUT2D eigenvalue weighted by Crippen LogP contribution is 2.29. The number of amides is 1. The van der Waals surface area contributed by atoms with Crippen LogP contribution in [-0.4, -0.2) is 37.6 Å². The van der Waals surface area contributed by atoms with Crippen LogP contribution in [0, 0.1) is 0 Å². The Kier molecular flexibility index (Phi) is 7.16. The third-order valence-electron chi connectivity index (χ3n) is 4.24. The summed E-state index contributed by atoms with van der Waals surface area (Å²) in [6, 6.07) is 18.3. The van der Waals surface area contributed by atoms with E-state index in [1.807, 2.05) is 34.9 Å². The van der Waals surface area contributed by atoms with Crippen LogP contribution in [-0.2, 0) is 4.79 Å². The van der Waals surface area contributed by atoms with E-state index in [9.17, 15) is 4.79 Å². The first-order chi connectivity index (χ1) is 15.6. The van der Waals surface area contributed by atoms with Crippen molar-refractivity contribution in [3.8, 4) is 17.1 Å². The molecule has 32 heavy (non-hydrogen) atoms. The van der Waals surface area contributed by atoms with Crippen molar-refractivity contribution in [2.45, 2.75) is 5.16 Å². The van der Waals surface area contributed by atoms with Crippen LogP contribution in [0.15, 0.2) is 83.3 Å². The fraction of sp³-hybridized carbons (Fsp3) is 0.0455. The summed E-state index contributed by atoms with van der Waals surface area (Å²) in [5.41, 5.74) is 4.96. The van der Waals surface area contributed by atoms with Gasteiger partial charge in [0.25, 0.3) is 5.91 Å². The Labute approximate surface area is 198 Å². The molecule has 0 radical (unpaired) electrons. The average Bonchev–Trinajstić information content (AvgIpc) is 3.23. The standard InChI is InChI=1S/C22H16Cl2N6OS/c23-17-5-3-16(4-6-17)21-28-29-22(30(21)19-9-7-18(24)8-10-19)32-14-20(31)27-26-13-15-2-1-11-25-12-15/h1-13H,14H2,(H,27,31)/b26-13+. The summed E-state index contributed by atoms with van der Waals surface area (Å²) >= 11 is 13.3. The number of hydrogen-bond donors (Lipinski definition) is 1. The molecule has 160 valence electrons. The van der Waals surface area contributed by atoms with Crippen LogP contribution in [0.25, 0.3) is 17.1 Å². The van der Waals surface area contributed by atoms with Crippen molar-refractivity contribution in [2.24, 2.45) is 5.10 Å². The number of thioether (sulfide) groups is 1. The van der Waals surface area contributed by atoms with Gasteiger partial charge in [-0.2, -0.15) is 5.10 Å². The van der Waals surface area contributed by atoms with Crippen molar-refractivity contribution in [3.63, 3.8) is 0 Å². The zero-order valence-corrected chi connectivity index (χ0v) is 18.8. The van der Waals surface area contributed by atoms with Crippen LogP contribution >= 0.6 is 35.0 Å². The molecule has 0 atom stereocenters. The second-order valence-electron chi connectivity index (χ2n) is 6.49. The van der Waals surface area contributed by atoms with Gasteiger partial charge >= 0.3 is 0 Å². The summed E-state index contributed by atoms with van der Waals surface area (Å²) in [5.74, 6) is 0.465. The molecule has 0 spiro atoms. The van der Waals surface area contributed by atoms with Crippen molar-refractivity contribution in [1.82, 2.24) is 25.2 Å². The van der Waals surface area contributed by atoms with E-state index >= 15 is 0 Å². The number of hydrazone groups is 1. The summed E-state index contributed by atoms with van der Waals surface area (Å²) in [6.07, 6.45) is 4.85. The van der Waals surface area contributed by atoms with Crippen molar-refractivity contribution < 1.29 is 4.79 Å². The monoisotopic (exact) mass is 482 g/mol. The zero-order chi connectivity index (χ0) is 22.3. The van der Waals surface area contributed by atoms with E-state index in [1.165, 1.54) is 18.0 Å². The Morgan fingerprint density at radius 2 is 1.75 bits per heavy atom. The molecule has 0 aliphatic carbocycles. The molecule has 0 bridgehead atoms. The zero-order valence-electron chi connectivity index (χ0n) is 16.5. The van der Waals surface area contributed by atoms with Crippen molar-refractivity contribution in [2.75, 3.05) is 5.75 Å². The molecule has 4 rings (SSSR count). The summed E-state index contributed by atoms with van der Waals surface area (Å²) in [4.78, 5) is 16.3. The van der Waals surface area contributed by atoms with Crippen LogP contribution in [0.4, 0.5) is 0 Å². The van der Waals surface area contributed by atoms with E-state index in [0.717, 1.165) is 16.8 Å². The molecule has 1 N–H and O–H groups in total. The van der Waals surface area contributed by atoms with Crippen LogP contribution < -0.4 is 5.43 Å². The third kappa shape index (κ3) is 5.53. The number of benzene rings is 2. The van der Waals surface area contributed by atoms with E-state index < -0.39 is 0 Å². The Morgan fingerprint density at radius 1 is 1.03 bits per heavy atom. The highest BCUT2D eigenvalue weighted by atomic mass is 35.5. The lowest BCUT2D eigenvalue weighted by Crippen LogP contribution is -2.20. The summed E-state index contributed by atoms with van der Waals surface area (Å²) in [6.45, 7) is 0. The van der Waals surface area contributed by atoms with Gasteiger partial charge < -0.3 is 0 Å². The lowest BCUT2D eigenvalue weighted by Gasteiger charge is -2.10. The van der Waals surface area contributed by atoms with Crippen LogP contribution in [0.2, 0.25) is 10.0 Å². The predicted molar refractivity (Wildman–Crippen MR) is 128 cm³/mol. The van der Waals surface area contributed by atoms with Crippen molar-refractivity contribution >= 4 is 47.1 Å². The SMILES string of the molecule is O=C(CSc1nnc(-c2ccc(Cl)cc2)n1-c1ccc(Cl)cc1)N/N=C/c1cccnc1. The molecule has 1 amide bonds. The number of carbonyl (C=O) groups excluding carboxylic acids is 1. The average molecular weight is 483 g/mol. The van der Waals surface area contributed by atoms with Gasteiger partial charge in [0.05, 0.1) is 12.0 Å². The molecule has 0 saturated heterocycles. The predicted octanol–water partition coefficient (Wildman–Crippen LogP) is 4.88. The van der Waals surface area contributed by atoms with Crippen LogP contribution in [0.5, 0.6) is 0 Å². The Morgan fingerprint density at radius 3 is 2.44 bits per heavy atom. The Bertz CT molecular complexity index is 1230. The van der Waals surface area contributed by atoms with Gasteiger partial charge in [0, 0.05) is 39.3 Å². The molecule has 0 fully saturated rings. The van der Waals surface area contributed by atoms with Gasteiger partial charge in [-0.3, -0.25) is 14.3 Å². The molecule has 7 nitrogen and oxygen atoms in total. The first kappa shape index (κ1) is 22.0. The minimum Gasteiger partial charge on any atom is -0.272 e. The van der Waals surface area contributed by atoms with Gasteiger partial charge in [0.1, 0.15) is 0 Å². The number of nitrogens with one attached hydrogen (secondary N) is 1. The van der Waals surface area contributed by atoms with Crippen LogP contribution in [0.1, 0.15) is 5.56 Å². The van der Waals surface area contributed by atoms with Crippen molar-refractivity contribution in [1.29, 1.82) is 0 Å². The maximum atomic E-state index is 12.3. The normalized spacial score (nSPS) is 11.1. The first-order valence-electron chi connectivity index (χ1n) is 9.42. The largest absolute Gasteiger partial charge is 0.272 e. The summed E-state index contributed by atoms with van der Waals surface area (Å²) < 4.78 is 1.87. The molecular formula is C22H16Cl2N6OS. The number of rotatable bonds is 7. The lowest BCUT2D eigenvalue weighted by molar-refractivity contribution is -0.118. The minimum atomic E-state index is -0.270. The highest BCUT2D eigenvalue weighted by Gasteiger charge is 2.17. The second kappa shape index (κ2) is 10.4. The minimum absolute atomic E-state index is 0.108. The summed E-state index contributed by atoms with van der Waals surface area (Å²) in [7, 11) is 0. The molecule has 2 aromatic carbocycles. The van der Waals surface area contributed by atoms with E-state index in [-0.39, 0.29) is 11.7 Å². The number of hydrogen-bond acceptors (Lipinski definition) is 6. The quantitative estimate of drug-likeness (QED) is 0.230. The first-order valence-corrected chi connectivity index (χ1v) is 11.2. The molecule has 0 saturated carbocycles. The van der Waals surface area contributed by atoms with Crippen LogP contribution in [0.3, 0.4) is 0 Å². The fourth-order valence-corrected chi connectivity index (χ4v) is 3.76. The number of aromatic nitrogens is 4. The maximum absolute atomic E-state index is 12.3. The lowest BCUT2D eigenvalue weighted by atomic mass is 10.2. The number of pyridine rings is 1. The van der Waals surface area contributed by atoms with Crippen molar-refractivity contribution in [3.05, 3.63) is 88.7 Å². The van der Waals surface area contributed by atoms with E-state index in [0.29, 0.717) is 21.0 Å². The molecule has 2 aromatic heterocycles. The molecule has 0 aliphatic heterocycles. The van der Waals surface area contributed by atoms with E-state index in [2.05, 4.69) is 25.7 Å². The maximum Gasteiger partial charge on any atom is 0.250 e. The third-order valence-corrected chi connectivity index (χ3v) is 5.67. The van der Waals surface area contributed by atoms with E-state index in [4.69, 9.17) is 23.2 Å². The number of carbonyl (C=O) groups is 1. The summed E-state index contributed by atoms with van der Waals surface area (Å²) in [5, 5.41) is 14.4. The molecule has 4 aromatic rings. The van der Waals surface area contributed by atoms with Gasteiger partial charge in [-0.25, -0.2) is 5.43 Å². The molecular weight excluding hydrogens is 467 g/mol. The Hall–Kier alpha value is -3.20. The van der Waals surface area contributed by atoms with Gasteiger partial charge in [0.15, 0.2) is 11.0 Å². The molecule has 2 heterocycles. The van der Waals surface area contributed by atoms with Gasteiger partial charge in [-0.1, -0.05) is 41.0 Å². The molecule has 0 aliphatic rings. The number of nitrogens with zero attached hydrogens (tertiary/aromatic N) is 5. The second-order valence-corrected chi connectivity index (χ2v) is 8.31. The van der Waals surface area contributed by atoms with Gasteiger partial charge in [-0.15, -0.1) is 10.2 Å². The topological polar surface area (TPSA) is 85.1 Å².